The average molecular weight is 921 g/mol. The number of hydrogen-bond acceptors (Lipinski definition) is 10. The Morgan fingerprint density at radius 2 is 1.19 bits per heavy atom. The average Bonchev–Trinajstić information content (AvgIpc) is 3.24. The molecule has 4 N–H and O–H groups in total. The number of likely N-dealkylation sites (N-methyl/N-ethyl adjacent to an activating group) is 1. The molecule has 0 aliphatic rings. The molecule has 0 fully saturated rings. The molecule has 0 spiro atoms. The predicted molar refractivity (Wildman–Crippen MR) is 260 cm³/mol. The second-order valence-electron chi connectivity index (χ2n) is 17.0. The minimum atomic E-state index is -4.49. The summed E-state index contributed by atoms with van der Waals surface area (Å²) < 4.78 is 34.1. The van der Waals surface area contributed by atoms with E-state index < -0.39 is 50.8 Å². The lowest BCUT2D eigenvalue weighted by atomic mass is 10.1. The summed E-state index contributed by atoms with van der Waals surface area (Å²) in [5.41, 5.74) is 0. The molecule has 0 aliphatic heterocycles. The normalized spacial score (nSPS) is 15.8. The van der Waals surface area contributed by atoms with Gasteiger partial charge in [-0.25, -0.2) is 4.57 Å². The maximum absolute atomic E-state index is 12.8. The molecule has 0 rings (SSSR count). The van der Waals surface area contributed by atoms with Gasteiger partial charge in [0.05, 0.1) is 46.1 Å². The summed E-state index contributed by atoms with van der Waals surface area (Å²) in [6.07, 6.45) is 44.0. The van der Waals surface area contributed by atoms with Crippen LogP contribution in [0.3, 0.4) is 0 Å². The fraction of sp³-hybridized carbons (Fsp3) is 0.647. The zero-order valence-corrected chi connectivity index (χ0v) is 41.0. The molecule has 64 heavy (non-hydrogen) atoms. The van der Waals surface area contributed by atoms with Gasteiger partial charge in [0.2, 0.25) is 0 Å². The smallest absolute Gasteiger partial charge is 0.462 e. The van der Waals surface area contributed by atoms with E-state index in [9.17, 15) is 34.4 Å². The summed E-state index contributed by atoms with van der Waals surface area (Å²) in [7, 11) is 1.23. The molecule has 0 radical (unpaired) electrons. The number of phosphoric ester groups is 1. The van der Waals surface area contributed by atoms with Gasteiger partial charge in [-0.2, -0.15) is 0 Å². The Labute approximate surface area is 387 Å². The van der Waals surface area contributed by atoms with Gasteiger partial charge in [0, 0.05) is 12.8 Å². The quantitative estimate of drug-likeness (QED) is 0.0115. The van der Waals surface area contributed by atoms with Gasteiger partial charge in [0.15, 0.2) is 6.10 Å². The second-order valence-corrected chi connectivity index (χ2v) is 18.4. The maximum atomic E-state index is 12.8. The van der Waals surface area contributed by atoms with Crippen molar-refractivity contribution in [3.63, 3.8) is 0 Å². The zero-order chi connectivity index (χ0) is 47.6. The fourth-order valence-corrected chi connectivity index (χ4v) is 6.57. The second kappa shape index (κ2) is 41.3. The monoisotopic (exact) mass is 921 g/mol. The lowest BCUT2D eigenvalue weighted by Gasteiger charge is -2.24. The van der Waals surface area contributed by atoms with Crippen molar-refractivity contribution in [3.05, 3.63) is 97.2 Å². The third-order valence-corrected chi connectivity index (χ3v) is 10.7. The van der Waals surface area contributed by atoms with Crippen LogP contribution in [0.25, 0.3) is 0 Å². The topological polar surface area (TPSA) is 169 Å². The van der Waals surface area contributed by atoms with Gasteiger partial charge in [-0.05, 0) is 70.6 Å². The van der Waals surface area contributed by atoms with Crippen LogP contribution in [0.2, 0.25) is 0 Å². The van der Waals surface area contributed by atoms with Crippen LogP contribution < -0.4 is 0 Å². The Kier molecular flexibility index (Phi) is 39.2. The van der Waals surface area contributed by atoms with E-state index in [-0.39, 0.29) is 38.9 Å². The van der Waals surface area contributed by atoms with Crippen LogP contribution in [0.1, 0.15) is 142 Å². The number of aliphatic hydroxyl groups excluding tert-OH is 3. The van der Waals surface area contributed by atoms with Crippen molar-refractivity contribution >= 4 is 19.8 Å². The highest BCUT2D eigenvalue weighted by molar-refractivity contribution is 7.47. The van der Waals surface area contributed by atoms with Gasteiger partial charge in [-0.15, -0.1) is 0 Å². The number of allylic oxidation sites excluding steroid dienone is 13. The van der Waals surface area contributed by atoms with E-state index in [4.69, 9.17) is 18.5 Å². The molecular weight excluding hydrogens is 834 g/mol. The van der Waals surface area contributed by atoms with Crippen molar-refractivity contribution in [2.75, 3.05) is 47.5 Å². The first kappa shape index (κ1) is 60.8. The molecule has 0 heterocycles. The molecule has 0 aliphatic carbocycles. The van der Waals surface area contributed by atoms with Crippen LogP contribution in [-0.4, -0.2) is 109 Å². The van der Waals surface area contributed by atoms with Crippen LogP contribution in [0.15, 0.2) is 97.2 Å². The number of nitrogens with zero attached hydrogens (tertiary/aromatic N) is 1. The molecule has 1 unspecified atom stereocenters. The summed E-state index contributed by atoms with van der Waals surface area (Å²) in [6.45, 7) is 3.77. The number of carbonyl (C=O) groups is 2. The molecule has 5 atom stereocenters. The first-order valence-corrected chi connectivity index (χ1v) is 25.3. The van der Waals surface area contributed by atoms with E-state index in [1.165, 1.54) is 38.2 Å². The molecule has 12 nitrogen and oxygen atoms in total. The number of unbranched alkanes of at least 4 members (excludes halogenated alkanes) is 10. The van der Waals surface area contributed by atoms with Gasteiger partial charge in [0.25, 0.3) is 0 Å². The summed E-state index contributed by atoms with van der Waals surface area (Å²) in [5.74, 6) is -1.16. The van der Waals surface area contributed by atoms with Gasteiger partial charge in [-0.3, -0.25) is 18.6 Å². The number of esters is 2. The number of hydrogen-bond donors (Lipinski definition) is 4. The standard InChI is InChI=1S/C51H86NO11P/c1-6-8-10-11-12-13-14-15-16-17-18-19-20-21-22-23-24-25-30-34-40-50(56)60-44-47(45-62-64(58,59)61-43-42-52(3,4)5)63-51(57)41-35-39-49(55)48(54)38-33-29-27-26-28-32-37-46(53)36-31-9-7-2/h9,13-14,16-17,19-20,26-29,31-33,37-38,46-49,53-55H,6-8,10-12,15,18,21-25,30,34-36,39-45H2,1-5H3/p+1/b14-13-,17-16-,20-19-,28-26+,29-27-,31-9-,37-32+,38-33-/t46-,47+,48+,49+/m0/s1. The molecule has 0 aromatic carbocycles. The number of carbonyl (C=O) groups excluding carboxylic acids is 2. The van der Waals surface area contributed by atoms with Gasteiger partial charge >= 0.3 is 19.8 Å². The van der Waals surface area contributed by atoms with E-state index in [1.54, 1.807) is 42.5 Å². The highest BCUT2D eigenvalue weighted by atomic mass is 31.2. The van der Waals surface area contributed by atoms with E-state index >= 15 is 0 Å². The first-order valence-electron chi connectivity index (χ1n) is 23.8. The van der Waals surface area contributed by atoms with Gasteiger partial charge < -0.3 is 34.2 Å². The van der Waals surface area contributed by atoms with Crippen LogP contribution in [-0.2, 0) is 32.7 Å². The van der Waals surface area contributed by atoms with E-state index in [2.05, 4.69) is 43.4 Å². The Morgan fingerprint density at radius 3 is 1.81 bits per heavy atom. The van der Waals surface area contributed by atoms with Crippen molar-refractivity contribution < 1.29 is 57.4 Å². The van der Waals surface area contributed by atoms with Crippen molar-refractivity contribution in [3.8, 4) is 0 Å². The summed E-state index contributed by atoms with van der Waals surface area (Å²) >= 11 is 0. The summed E-state index contributed by atoms with van der Waals surface area (Å²) in [6, 6.07) is 0. The van der Waals surface area contributed by atoms with Crippen LogP contribution >= 0.6 is 7.82 Å². The van der Waals surface area contributed by atoms with E-state index in [0.717, 1.165) is 57.8 Å². The number of rotatable bonds is 41. The summed E-state index contributed by atoms with van der Waals surface area (Å²) in [5, 5.41) is 30.6. The maximum Gasteiger partial charge on any atom is 0.472 e. The lowest BCUT2D eigenvalue weighted by molar-refractivity contribution is -0.870. The molecular formula is C51H87NO11P+. The van der Waals surface area contributed by atoms with Crippen LogP contribution in [0.4, 0.5) is 0 Å². The van der Waals surface area contributed by atoms with Crippen molar-refractivity contribution in [2.24, 2.45) is 0 Å². The molecule has 0 aromatic rings. The fourth-order valence-electron chi connectivity index (χ4n) is 5.83. The highest BCUT2D eigenvalue weighted by Gasteiger charge is 2.27. The molecule has 0 bridgehead atoms. The van der Waals surface area contributed by atoms with Crippen molar-refractivity contribution in [1.82, 2.24) is 0 Å². The molecule has 366 valence electrons. The van der Waals surface area contributed by atoms with Crippen molar-refractivity contribution in [1.29, 1.82) is 0 Å². The third-order valence-electron chi connectivity index (χ3n) is 9.69. The Hall–Kier alpha value is -3.19. The zero-order valence-electron chi connectivity index (χ0n) is 40.1. The van der Waals surface area contributed by atoms with Crippen LogP contribution in [0, 0.1) is 0 Å². The Bertz CT molecular complexity index is 1460. The number of quaternary nitrogens is 1. The van der Waals surface area contributed by atoms with Crippen molar-refractivity contribution in [2.45, 2.75) is 167 Å². The highest BCUT2D eigenvalue weighted by Crippen LogP contribution is 2.43. The number of phosphoric acid groups is 1. The predicted octanol–water partition coefficient (Wildman–Crippen LogP) is 10.7. The van der Waals surface area contributed by atoms with Crippen LogP contribution in [0.5, 0.6) is 0 Å². The molecule has 0 aromatic heterocycles. The minimum Gasteiger partial charge on any atom is -0.462 e. The van der Waals surface area contributed by atoms with E-state index in [0.29, 0.717) is 23.9 Å². The first-order chi connectivity index (χ1) is 30.7. The SMILES string of the molecule is CC/C=C\C[C@H](O)/C=C/C=C/C=C\C=C/[C@@H](O)[C@H](O)CCCC(=O)O[C@H](COC(=O)CCCCCCCC/C=C\C/C=C\C/C=C\CCCCCC)COP(=O)(O)OCC[N+](C)(C)C. The van der Waals surface area contributed by atoms with Gasteiger partial charge in [0.1, 0.15) is 19.8 Å². The molecule has 0 saturated heterocycles. The van der Waals surface area contributed by atoms with E-state index in [1.807, 2.05) is 40.2 Å². The lowest BCUT2D eigenvalue weighted by Crippen LogP contribution is -2.37. The summed E-state index contributed by atoms with van der Waals surface area (Å²) in [4.78, 5) is 35.5. The molecule has 13 heteroatoms. The largest absolute Gasteiger partial charge is 0.472 e. The number of ether oxygens (including phenoxy) is 2. The Balaban J connectivity index is 4.66. The molecule has 0 amide bonds. The molecule has 0 saturated carbocycles. The number of aliphatic hydroxyl groups is 3. The van der Waals surface area contributed by atoms with Gasteiger partial charge in [-0.1, -0.05) is 156 Å². The Morgan fingerprint density at radius 1 is 0.625 bits per heavy atom. The third kappa shape index (κ3) is 42.7. The minimum absolute atomic E-state index is 0.0406.